The molecule has 1 fully saturated rings. The topological polar surface area (TPSA) is 150 Å². The summed E-state index contributed by atoms with van der Waals surface area (Å²) in [6, 6.07) is 6.67. The molecule has 1 heterocycles. The summed E-state index contributed by atoms with van der Waals surface area (Å²) in [5, 5.41) is 19.8. The molecule has 0 spiro atoms. The average Bonchev–Trinajstić information content (AvgIpc) is 3.59. The minimum absolute atomic E-state index is 0.0148. The molecule has 0 saturated carbocycles. The van der Waals surface area contributed by atoms with Gasteiger partial charge >= 0.3 is 0 Å². The number of methoxy groups -OCH3 is 2. The summed E-state index contributed by atoms with van der Waals surface area (Å²) in [7, 11) is 6.57. The van der Waals surface area contributed by atoms with Crippen LogP contribution in [0.5, 0.6) is 0 Å². The van der Waals surface area contributed by atoms with Gasteiger partial charge in [0.05, 0.1) is 54.8 Å². The van der Waals surface area contributed by atoms with E-state index >= 15 is 0 Å². The maximum Gasteiger partial charge on any atom is 0.245 e. The fourth-order valence-corrected chi connectivity index (χ4v) is 7.42. The lowest BCUT2D eigenvalue weighted by Crippen LogP contribution is -2.59. The van der Waals surface area contributed by atoms with Crippen LogP contribution in [0.3, 0.4) is 0 Å². The van der Waals surface area contributed by atoms with Crippen molar-refractivity contribution in [2.24, 2.45) is 23.7 Å². The Morgan fingerprint density at radius 3 is 2.04 bits per heavy atom. The number of benzene rings is 1. The number of nitrogens with zero attached hydrogens (tertiary/aromatic N) is 2. The summed E-state index contributed by atoms with van der Waals surface area (Å²) in [6.07, 6.45) is 0.147. The molecule has 4 N–H and O–H groups in total. The zero-order valence-corrected chi connectivity index (χ0v) is 33.1. The van der Waals surface area contributed by atoms with Crippen LogP contribution in [-0.2, 0) is 28.7 Å². The molecule has 1 aromatic rings. The van der Waals surface area contributed by atoms with Gasteiger partial charge in [0.2, 0.25) is 23.6 Å². The zero-order chi connectivity index (χ0) is 38.6. The van der Waals surface area contributed by atoms with E-state index in [1.807, 2.05) is 71.9 Å². The van der Waals surface area contributed by atoms with E-state index in [2.05, 4.69) is 16.0 Å². The lowest BCUT2D eigenvalue weighted by atomic mass is 9.89. The van der Waals surface area contributed by atoms with Crippen molar-refractivity contribution < 1.29 is 33.8 Å². The number of hydrogen-bond acceptors (Lipinski definition) is 8. The predicted octanol–water partition coefficient (Wildman–Crippen LogP) is 3.53. The smallest absolute Gasteiger partial charge is 0.245 e. The number of ether oxygens (including phenoxy) is 2. The number of aliphatic hydroxyl groups is 1. The van der Waals surface area contributed by atoms with Gasteiger partial charge < -0.3 is 40.3 Å². The quantitative estimate of drug-likeness (QED) is 0.160. The first-order chi connectivity index (χ1) is 24.0. The van der Waals surface area contributed by atoms with Gasteiger partial charge in [-0.25, -0.2) is 0 Å². The maximum atomic E-state index is 14.1. The molecule has 1 saturated heterocycles. The molecular weight excluding hydrogens is 650 g/mol. The molecule has 0 aromatic heterocycles. The van der Waals surface area contributed by atoms with Crippen molar-refractivity contribution in [3.8, 4) is 0 Å². The molecule has 1 aliphatic rings. The lowest BCUT2D eigenvalue weighted by Gasteiger charge is -2.41. The molecule has 0 bridgehead atoms. The third kappa shape index (κ3) is 11.5. The summed E-state index contributed by atoms with van der Waals surface area (Å²) in [4.78, 5) is 58.3. The van der Waals surface area contributed by atoms with Crippen molar-refractivity contribution in [3.05, 3.63) is 35.9 Å². The van der Waals surface area contributed by atoms with Gasteiger partial charge in [0, 0.05) is 27.8 Å². The van der Waals surface area contributed by atoms with Crippen LogP contribution in [0.2, 0.25) is 0 Å². The Balaban J connectivity index is 2.24. The second-order valence-electron chi connectivity index (χ2n) is 15.0. The van der Waals surface area contributed by atoms with Crippen molar-refractivity contribution in [2.75, 3.05) is 34.9 Å². The molecule has 4 amide bonds. The van der Waals surface area contributed by atoms with Crippen LogP contribution >= 0.6 is 0 Å². The zero-order valence-electron chi connectivity index (χ0n) is 33.1. The van der Waals surface area contributed by atoms with Crippen LogP contribution in [-0.4, -0.2) is 116 Å². The van der Waals surface area contributed by atoms with Crippen molar-refractivity contribution in [2.45, 2.75) is 130 Å². The van der Waals surface area contributed by atoms with E-state index in [1.54, 1.807) is 52.0 Å². The molecule has 10 atom stereocenters. The Bertz CT molecular complexity index is 1250. The summed E-state index contributed by atoms with van der Waals surface area (Å²) in [5.41, 5.74) is 0.711. The highest BCUT2D eigenvalue weighted by atomic mass is 16.5. The minimum Gasteiger partial charge on any atom is -0.386 e. The first-order valence-corrected chi connectivity index (χ1v) is 18.7. The number of aliphatic hydroxyl groups excluding tert-OH is 1. The normalized spacial score (nSPS) is 20.1. The Hall–Kier alpha value is -3.06. The van der Waals surface area contributed by atoms with Crippen LogP contribution in [0.1, 0.15) is 92.7 Å². The van der Waals surface area contributed by atoms with Gasteiger partial charge in [-0.1, -0.05) is 85.2 Å². The third-order valence-corrected chi connectivity index (χ3v) is 10.7. The summed E-state index contributed by atoms with van der Waals surface area (Å²) < 4.78 is 11.9. The second-order valence-corrected chi connectivity index (χ2v) is 15.0. The van der Waals surface area contributed by atoms with Crippen LogP contribution in [0.15, 0.2) is 30.3 Å². The van der Waals surface area contributed by atoms with E-state index in [0.717, 1.165) is 12.8 Å². The summed E-state index contributed by atoms with van der Waals surface area (Å²) >= 11 is 0. The largest absolute Gasteiger partial charge is 0.386 e. The van der Waals surface area contributed by atoms with E-state index in [4.69, 9.17) is 9.47 Å². The number of carbonyl (C=O) groups is 4. The van der Waals surface area contributed by atoms with E-state index < -0.39 is 48.4 Å². The monoisotopic (exact) mass is 718 g/mol. The fourth-order valence-electron chi connectivity index (χ4n) is 7.42. The number of hydrogen-bond donors (Lipinski definition) is 4. The van der Waals surface area contributed by atoms with Gasteiger partial charge in [-0.3, -0.25) is 19.2 Å². The summed E-state index contributed by atoms with van der Waals surface area (Å²) in [6.45, 7) is 15.9. The summed E-state index contributed by atoms with van der Waals surface area (Å²) in [5.74, 6) is -1.62. The first-order valence-electron chi connectivity index (χ1n) is 18.7. The lowest BCUT2D eigenvalue weighted by molar-refractivity contribution is -0.148. The van der Waals surface area contributed by atoms with E-state index in [1.165, 1.54) is 0 Å². The van der Waals surface area contributed by atoms with Gasteiger partial charge in [-0.2, -0.15) is 0 Å². The Morgan fingerprint density at radius 1 is 0.922 bits per heavy atom. The molecule has 1 aromatic carbocycles. The molecule has 0 aliphatic carbocycles. The third-order valence-electron chi connectivity index (χ3n) is 10.7. The van der Waals surface area contributed by atoms with Gasteiger partial charge in [-0.15, -0.1) is 0 Å². The van der Waals surface area contributed by atoms with E-state index in [0.29, 0.717) is 18.5 Å². The molecule has 51 heavy (non-hydrogen) atoms. The molecule has 12 heteroatoms. The number of likely N-dealkylation sites (N-methyl/N-ethyl adjacent to an activating group) is 2. The Labute approximate surface area is 306 Å². The minimum atomic E-state index is -0.875. The molecule has 0 radical (unpaired) electrons. The maximum absolute atomic E-state index is 14.1. The van der Waals surface area contributed by atoms with E-state index in [9.17, 15) is 24.3 Å². The number of carbonyl (C=O) groups excluding carboxylic acids is 4. The molecular formula is C39H67N5O7. The van der Waals surface area contributed by atoms with Gasteiger partial charge in [0.25, 0.3) is 0 Å². The molecule has 12 nitrogen and oxygen atoms in total. The first kappa shape index (κ1) is 44.1. The molecule has 2 rings (SSSR count). The highest BCUT2D eigenvalue weighted by molar-refractivity contribution is 5.90. The molecule has 290 valence electrons. The molecule has 1 aliphatic heterocycles. The fraction of sp³-hybridized carbons (Fsp3) is 0.744. The highest BCUT2D eigenvalue weighted by Crippen LogP contribution is 2.30. The van der Waals surface area contributed by atoms with E-state index in [-0.39, 0.29) is 53.8 Å². The van der Waals surface area contributed by atoms with Crippen molar-refractivity contribution in [3.63, 3.8) is 0 Å². The number of amides is 4. The number of likely N-dealkylation sites (tertiary alicyclic amines) is 1. The van der Waals surface area contributed by atoms with Gasteiger partial charge in [0.1, 0.15) is 6.04 Å². The van der Waals surface area contributed by atoms with Crippen LogP contribution in [0.25, 0.3) is 0 Å². The SMILES string of the molecule is CC[C@H](C)[C@H]([C@@H](CC(=O)N1CCC[C@H]1[C@H](OC)[C@@H](C)C(=O)N[C@H](C)[C@@H](O)c1ccccc1)OC)N(C)C(=O)[C@@H](NC(=O)[C@@H](NC)C(C)C)C(C)C. The Kier molecular flexibility index (Phi) is 18.0. The number of rotatable bonds is 20. The average molecular weight is 718 g/mol. The molecule has 0 unspecified atom stereocenters. The highest BCUT2D eigenvalue weighted by Gasteiger charge is 2.43. The van der Waals surface area contributed by atoms with Crippen LogP contribution in [0.4, 0.5) is 0 Å². The van der Waals surface area contributed by atoms with Crippen molar-refractivity contribution in [1.82, 2.24) is 25.8 Å². The van der Waals surface area contributed by atoms with Gasteiger partial charge in [0.15, 0.2) is 0 Å². The number of nitrogens with one attached hydrogen (secondary N) is 3. The standard InChI is InChI=1S/C39H67N5O7/c1-13-25(6)34(43(10)39(49)33(24(4)5)42-38(48)32(40-9)23(2)3)30(50-11)22-31(45)44-21-17-20-29(44)36(51-12)26(7)37(47)41-27(8)35(46)28-18-15-14-16-19-28/h14-16,18-19,23-27,29-30,32-36,40,46H,13,17,20-22H2,1-12H3,(H,41,47)(H,42,48)/t25-,26+,27+,29-,30+,32-,33-,34+,35+,36+/m0/s1. The van der Waals surface area contributed by atoms with Crippen LogP contribution in [0, 0.1) is 23.7 Å². The van der Waals surface area contributed by atoms with Crippen LogP contribution < -0.4 is 16.0 Å². The Morgan fingerprint density at radius 2 is 1.53 bits per heavy atom. The second kappa shape index (κ2) is 20.8. The van der Waals surface area contributed by atoms with Gasteiger partial charge in [-0.05, 0) is 50.1 Å². The predicted molar refractivity (Wildman–Crippen MR) is 200 cm³/mol. The van der Waals surface area contributed by atoms with Crippen molar-refractivity contribution in [1.29, 1.82) is 0 Å². The van der Waals surface area contributed by atoms with Crippen molar-refractivity contribution >= 4 is 23.6 Å².